The van der Waals surface area contributed by atoms with Gasteiger partial charge in [0.05, 0.1) is 13.6 Å². The Balaban J connectivity index is 2.68. The Bertz CT molecular complexity index is 449. The molecule has 1 unspecified atom stereocenters. The lowest BCUT2D eigenvalue weighted by Gasteiger charge is -2.44. The minimum absolute atomic E-state index is 0.0456. The molecular weight excluding hydrogens is 356 g/mol. The van der Waals surface area contributed by atoms with Crippen molar-refractivity contribution in [1.82, 2.24) is 0 Å². The molecule has 1 saturated heterocycles. The zero-order chi connectivity index (χ0) is 20.2. The summed E-state index contributed by atoms with van der Waals surface area (Å²) in [5, 5.41) is 0.240. The van der Waals surface area contributed by atoms with Gasteiger partial charge in [0, 0.05) is 6.61 Å². The molecule has 0 radical (unpaired) electrons. The first-order valence-corrected chi connectivity index (χ1v) is 17.1. The van der Waals surface area contributed by atoms with E-state index in [4.69, 9.17) is 9.16 Å². The Morgan fingerprint density at radius 3 is 2.15 bits per heavy atom. The quantitative estimate of drug-likeness (QED) is 0.222. The van der Waals surface area contributed by atoms with Crippen LogP contribution in [0, 0.1) is 5.92 Å². The molecular formula is C21H44O3Si2. The van der Waals surface area contributed by atoms with E-state index in [-0.39, 0.29) is 22.7 Å². The second-order valence-electron chi connectivity index (χ2n) is 10.8. The highest BCUT2D eigenvalue weighted by atomic mass is 28.4. The molecule has 0 aromatic carbocycles. The zero-order valence-electron chi connectivity index (χ0n) is 18.9. The molecule has 1 heterocycles. The summed E-state index contributed by atoms with van der Waals surface area (Å²) < 4.78 is 12.1. The Morgan fingerprint density at radius 2 is 1.69 bits per heavy atom. The number of rotatable bonds is 11. The van der Waals surface area contributed by atoms with Crippen LogP contribution in [0.1, 0.15) is 66.2 Å². The fourth-order valence-corrected chi connectivity index (χ4v) is 6.65. The fraction of sp³-hybridized carbons (Fsp3) is 0.952. The van der Waals surface area contributed by atoms with E-state index in [9.17, 15) is 4.79 Å². The highest BCUT2D eigenvalue weighted by Gasteiger charge is 2.50. The molecule has 26 heavy (non-hydrogen) atoms. The summed E-state index contributed by atoms with van der Waals surface area (Å²) in [6.07, 6.45) is 7.46. The van der Waals surface area contributed by atoms with Gasteiger partial charge in [0.15, 0.2) is 8.32 Å². The van der Waals surface area contributed by atoms with Crippen LogP contribution in [0.15, 0.2) is 0 Å². The van der Waals surface area contributed by atoms with Gasteiger partial charge in [0.1, 0.15) is 6.10 Å². The highest BCUT2D eigenvalue weighted by molar-refractivity contribution is 6.81. The molecule has 1 aliphatic heterocycles. The number of hydrogen-bond acceptors (Lipinski definition) is 3. The smallest absolute Gasteiger partial charge is 0.310 e. The minimum Gasteiger partial charge on any atom is -0.462 e. The number of unbranched alkanes of at least 4 members (excludes halogenated alkanes) is 3. The second-order valence-corrected chi connectivity index (χ2v) is 21.0. The maximum atomic E-state index is 12.0. The van der Waals surface area contributed by atoms with Gasteiger partial charge in [0.25, 0.3) is 0 Å². The molecule has 0 aromatic rings. The topological polar surface area (TPSA) is 35.5 Å². The van der Waals surface area contributed by atoms with E-state index in [2.05, 4.69) is 60.4 Å². The Kier molecular flexibility index (Phi) is 8.62. The standard InChI is InChI=1S/C21H44O3Si2/c1-10-11-12-13-14-17(16-23-26(8,9)21(2,3)4)15-18-19(20(22)24-18)25(5,6)7/h17-19H,10-16H2,1-9H3/t17?,18-,19+/m0/s1. The fourth-order valence-electron chi connectivity index (χ4n) is 3.47. The zero-order valence-corrected chi connectivity index (χ0v) is 20.9. The normalized spacial score (nSPS) is 22.7. The molecule has 0 saturated carbocycles. The van der Waals surface area contributed by atoms with E-state index in [0.29, 0.717) is 5.92 Å². The van der Waals surface area contributed by atoms with Gasteiger partial charge in [-0.1, -0.05) is 73.0 Å². The molecule has 0 N–H and O–H groups in total. The lowest BCUT2D eigenvalue weighted by molar-refractivity contribution is -0.171. The molecule has 3 nitrogen and oxygen atoms in total. The van der Waals surface area contributed by atoms with Crippen molar-refractivity contribution in [1.29, 1.82) is 0 Å². The lowest BCUT2D eigenvalue weighted by Crippen LogP contribution is -2.53. The molecule has 3 atom stereocenters. The predicted octanol–water partition coefficient (Wildman–Crippen LogP) is 6.62. The average Bonchev–Trinajstić information content (AvgIpc) is 2.44. The summed E-state index contributed by atoms with van der Waals surface area (Å²) >= 11 is 0. The number of cyclic esters (lactones) is 1. The summed E-state index contributed by atoms with van der Waals surface area (Å²) in [6.45, 7) is 21.5. The SMILES string of the molecule is CCCCCCC(CO[Si](C)(C)C(C)(C)C)C[C@@H]1OC(=O)[C@@H]1[Si](C)(C)C. The number of esters is 1. The van der Waals surface area contributed by atoms with Crippen molar-refractivity contribution < 1.29 is 14.0 Å². The first kappa shape index (κ1) is 23.9. The summed E-state index contributed by atoms with van der Waals surface area (Å²) in [6, 6.07) is 0. The largest absolute Gasteiger partial charge is 0.462 e. The number of ether oxygens (including phenoxy) is 1. The lowest BCUT2D eigenvalue weighted by atomic mass is 9.92. The van der Waals surface area contributed by atoms with Gasteiger partial charge < -0.3 is 9.16 Å². The summed E-state index contributed by atoms with van der Waals surface area (Å²) in [5.74, 6) is 0.558. The van der Waals surface area contributed by atoms with E-state index in [1.807, 2.05) is 0 Å². The predicted molar refractivity (Wildman–Crippen MR) is 117 cm³/mol. The van der Waals surface area contributed by atoms with E-state index >= 15 is 0 Å². The Hall–Kier alpha value is -0.136. The van der Waals surface area contributed by atoms with Gasteiger partial charge >= 0.3 is 5.97 Å². The van der Waals surface area contributed by atoms with E-state index < -0.39 is 16.4 Å². The van der Waals surface area contributed by atoms with E-state index in [1.165, 1.54) is 32.1 Å². The molecule has 1 rings (SSSR count). The monoisotopic (exact) mass is 400 g/mol. The van der Waals surface area contributed by atoms with Gasteiger partial charge in [-0.05, 0) is 36.9 Å². The van der Waals surface area contributed by atoms with Crippen LogP contribution in [0.25, 0.3) is 0 Å². The van der Waals surface area contributed by atoms with Crippen LogP contribution in [0.3, 0.4) is 0 Å². The summed E-state index contributed by atoms with van der Waals surface area (Å²) in [5.41, 5.74) is 0.175. The Morgan fingerprint density at radius 1 is 1.08 bits per heavy atom. The van der Waals surface area contributed by atoms with Crippen LogP contribution in [0.4, 0.5) is 0 Å². The van der Waals surface area contributed by atoms with Gasteiger partial charge in [0.2, 0.25) is 0 Å². The second kappa shape index (κ2) is 9.37. The third-order valence-electron chi connectivity index (χ3n) is 6.34. The van der Waals surface area contributed by atoms with Crippen molar-refractivity contribution in [3.8, 4) is 0 Å². The van der Waals surface area contributed by atoms with E-state index in [1.54, 1.807) is 0 Å². The van der Waals surface area contributed by atoms with Crippen LogP contribution in [0.2, 0.25) is 43.3 Å². The summed E-state index contributed by atoms with van der Waals surface area (Å²) in [7, 11) is -3.24. The first-order chi connectivity index (χ1) is 11.8. The molecule has 0 aliphatic carbocycles. The molecule has 1 aliphatic rings. The molecule has 1 fully saturated rings. The van der Waals surface area contributed by atoms with E-state index in [0.717, 1.165) is 13.0 Å². The molecule has 0 bridgehead atoms. The average molecular weight is 401 g/mol. The van der Waals surface area contributed by atoms with Gasteiger partial charge in [-0.15, -0.1) is 0 Å². The van der Waals surface area contributed by atoms with Crippen molar-refractivity contribution in [3.05, 3.63) is 0 Å². The van der Waals surface area contributed by atoms with Crippen LogP contribution < -0.4 is 0 Å². The third-order valence-corrected chi connectivity index (χ3v) is 13.3. The van der Waals surface area contributed by atoms with Gasteiger partial charge in [-0.25, -0.2) is 0 Å². The molecule has 0 aromatic heterocycles. The number of hydrogen-bond donors (Lipinski definition) is 0. The van der Waals surface area contributed by atoms with Crippen molar-refractivity contribution >= 4 is 22.4 Å². The first-order valence-electron chi connectivity index (χ1n) is 10.6. The van der Waals surface area contributed by atoms with Gasteiger partial charge in [-0.2, -0.15) is 0 Å². The van der Waals surface area contributed by atoms with Crippen LogP contribution >= 0.6 is 0 Å². The van der Waals surface area contributed by atoms with Crippen LogP contribution in [-0.4, -0.2) is 35.1 Å². The summed E-state index contributed by atoms with van der Waals surface area (Å²) in [4.78, 5) is 12.0. The van der Waals surface area contributed by atoms with Crippen molar-refractivity contribution in [2.45, 2.75) is 116 Å². The van der Waals surface area contributed by atoms with Gasteiger partial charge in [-0.3, -0.25) is 4.79 Å². The maximum absolute atomic E-state index is 12.0. The van der Waals surface area contributed by atoms with Crippen LogP contribution in [0.5, 0.6) is 0 Å². The van der Waals surface area contributed by atoms with Crippen molar-refractivity contribution in [2.24, 2.45) is 5.92 Å². The minimum atomic E-state index is -1.73. The third kappa shape index (κ3) is 6.79. The van der Waals surface area contributed by atoms with Crippen LogP contribution in [-0.2, 0) is 14.0 Å². The molecule has 154 valence electrons. The highest BCUT2D eigenvalue weighted by Crippen LogP contribution is 2.42. The maximum Gasteiger partial charge on any atom is 0.310 e. The van der Waals surface area contributed by atoms with Crippen molar-refractivity contribution in [3.63, 3.8) is 0 Å². The molecule has 5 heteroatoms. The Labute approximate surface area is 164 Å². The molecule has 0 spiro atoms. The number of carbonyl (C=O) groups excluding carboxylic acids is 1. The molecule has 0 amide bonds. The number of carbonyl (C=O) groups is 1. The van der Waals surface area contributed by atoms with Crippen molar-refractivity contribution in [2.75, 3.05) is 6.61 Å².